The fourth-order valence-electron chi connectivity index (χ4n) is 4.99. The van der Waals surface area contributed by atoms with Crippen molar-refractivity contribution < 1.29 is 14.4 Å². The van der Waals surface area contributed by atoms with E-state index in [-0.39, 0.29) is 48.3 Å². The maximum Gasteiger partial charge on any atom is 0.261 e. The second-order valence-corrected chi connectivity index (χ2v) is 8.45. The SMILES string of the molecule is CC(N)C1CCCCN1C(=O)c1ccc2c(c1)C(=O)N(C1CCCCC1)C2=O.Cl. The standard InChI is InChI=1S/C22H29N3O3.ClH/c1-14(23)19-9-5-6-12-24(19)20(26)15-10-11-17-18(13-15)22(28)25(21(17)27)16-7-3-2-4-8-16;/h10-11,13-14,16,19H,2-9,12,23H2,1H3;1H. The summed E-state index contributed by atoms with van der Waals surface area (Å²) in [5.74, 6) is -0.553. The van der Waals surface area contributed by atoms with Crippen LogP contribution in [0.15, 0.2) is 18.2 Å². The molecule has 2 aliphatic heterocycles. The van der Waals surface area contributed by atoms with E-state index < -0.39 is 0 Å². The number of nitrogens with two attached hydrogens (primary N) is 1. The first-order valence-electron chi connectivity index (χ1n) is 10.6. The Morgan fingerprint density at radius 2 is 1.66 bits per heavy atom. The summed E-state index contributed by atoms with van der Waals surface area (Å²) in [6, 6.07) is 4.87. The minimum atomic E-state index is -0.246. The van der Waals surface area contributed by atoms with Gasteiger partial charge in [0, 0.05) is 30.2 Å². The Kier molecular flexibility index (Phi) is 6.64. The fraction of sp³-hybridized carbons (Fsp3) is 0.591. The molecule has 0 spiro atoms. The molecule has 29 heavy (non-hydrogen) atoms. The van der Waals surface area contributed by atoms with Crippen LogP contribution in [-0.4, -0.2) is 52.2 Å². The second-order valence-electron chi connectivity index (χ2n) is 8.45. The number of carbonyl (C=O) groups is 3. The van der Waals surface area contributed by atoms with Crippen LogP contribution in [0.5, 0.6) is 0 Å². The topological polar surface area (TPSA) is 83.7 Å². The Morgan fingerprint density at radius 1 is 1.00 bits per heavy atom. The lowest BCUT2D eigenvalue weighted by Crippen LogP contribution is -2.51. The van der Waals surface area contributed by atoms with Crippen LogP contribution in [0.2, 0.25) is 0 Å². The molecule has 4 rings (SSSR count). The quantitative estimate of drug-likeness (QED) is 0.761. The van der Waals surface area contributed by atoms with Gasteiger partial charge in [-0.05, 0) is 57.2 Å². The van der Waals surface area contributed by atoms with E-state index in [0.717, 1.165) is 51.4 Å². The third kappa shape index (κ3) is 3.92. The van der Waals surface area contributed by atoms with E-state index in [1.165, 1.54) is 4.90 Å². The van der Waals surface area contributed by atoms with Crippen LogP contribution in [0.4, 0.5) is 0 Å². The Balaban J connectivity index is 0.00000240. The molecule has 2 heterocycles. The lowest BCUT2D eigenvalue weighted by Gasteiger charge is -2.38. The van der Waals surface area contributed by atoms with Gasteiger partial charge in [-0.2, -0.15) is 0 Å². The molecule has 0 radical (unpaired) electrons. The third-order valence-electron chi connectivity index (χ3n) is 6.52. The highest BCUT2D eigenvalue weighted by Crippen LogP contribution is 2.32. The van der Waals surface area contributed by atoms with Crippen molar-refractivity contribution in [3.05, 3.63) is 34.9 Å². The lowest BCUT2D eigenvalue weighted by atomic mass is 9.94. The van der Waals surface area contributed by atoms with E-state index in [0.29, 0.717) is 23.2 Å². The number of imide groups is 1. The number of benzene rings is 1. The number of halogens is 1. The minimum absolute atomic E-state index is 0. The molecule has 3 amide bonds. The van der Waals surface area contributed by atoms with Crippen molar-refractivity contribution in [2.75, 3.05) is 6.54 Å². The monoisotopic (exact) mass is 419 g/mol. The van der Waals surface area contributed by atoms with Crippen molar-refractivity contribution in [2.45, 2.75) is 76.4 Å². The first kappa shape index (κ1) is 21.8. The maximum absolute atomic E-state index is 13.1. The molecule has 2 unspecified atom stereocenters. The molecule has 2 fully saturated rings. The molecule has 0 bridgehead atoms. The van der Waals surface area contributed by atoms with Gasteiger partial charge in [0.05, 0.1) is 11.1 Å². The minimum Gasteiger partial charge on any atom is -0.334 e. The summed E-state index contributed by atoms with van der Waals surface area (Å²) in [5.41, 5.74) is 7.37. The van der Waals surface area contributed by atoms with Gasteiger partial charge in [0.25, 0.3) is 17.7 Å². The van der Waals surface area contributed by atoms with Gasteiger partial charge in [-0.15, -0.1) is 12.4 Å². The molecule has 1 aromatic carbocycles. The molecular formula is C22H30ClN3O3. The van der Waals surface area contributed by atoms with Crippen molar-refractivity contribution in [3.63, 3.8) is 0 Å². The van der Waals surface area contributed by atoms with Crippen molar-refractivity contribution in [1.29, 1.82) is 0 Å². The molecule has 2 N–H and O–H groups in total. The van der Waals surface area contributed by atoms with Crippen LogP contribution in [0.25, 0.3) is 0 Å². The van der Waals surface area contributed by atoms with Gasteiger partial charge in [0.2, 0.25) is 0 Å². The first-order chi connectivity index (χ1) is 13.5. The van der Waals surface area contributed by atoms with Gasteiger partial charge < -0.3 is 10.6 Å². The number of hydrogen-bond donors (Lipinski definition) is 1. The molecule has 0 aromatic heterocycles. The van der Waals surface area contributed by atoms with Gasteiger partial charge >= 0.3 is 0 Å². The van der Waals surface area contributed by atoms with Gasteiger partial charge in [0.15, 0.2) is 0 Å². The average molecular weight is 420 g/mol. The smallest absolute Gasteiger partial charge is 0.261 e. The van der Waals surface area contributed by atoms with Crippen LogP contribution < -0.4 is 5.73 Å². The summed E-state index contributed by atoms with van der Waals surface area (Å²) in [6.07, 6.45) is 7.96. The molecule has 1 saturated carbocycles. The highest BCUT2D eigenvalue weighted by Gasteiger charge is 2.41. The number of likely N-dealkylation sites (tertiary alicyclic amines) is 1. The second kappa shape index (κ2) is 8.84. The van der Waals surface area contributed by atoms with Gasteiger partial charge in [-0.25, -0.2) is 0 Å². The Hall–Kier alpha value is -1.92. The van der Waals surface area contributed by atoms with Gasteiger partial charge in [-0.3, -0.25) is 19.3 Å². The van der Waals surface area contributed by atoms with Crippen molar-refractivity contribution in [3.8, 4) is 0 Å². The number of rotatable bonds is 3. The maximum atomic E-state index is 13.1. The lowest BCUT2D eigenvalue weighted by molar-refractivity contribution is 0.0548. The zero-order chi connectivity index (χ0) is 19.8. The van der Waals surface area contributed by atoms with Crippen LogP contribution in [0.1, 0.15) is 89.4 Å². The largest absolute Gasteiger partial charge is 0.334 e. The van der Waals surface area contributed by atoms with E-state index in [2.05, 4.69) is 0 Å². The van der Waals surface area contributed by atoms with Crippen molar-refractivity contribution >= 4 is 30.1 Å². The molecule has 158 valence electrons. The fourth-order valence-corrected chi connectivity index (χ4v) is 4.99. The molecule has 7 heteroatoms. The van der Waals surface area contributed by atoms with Crippen molar-refractivity contribution in [1.82, 2.24) is 9.80 Å². The number of carbonyl (C=O) groups excluding carboxylic acids is 3. The molecule has 3 aliphatic rings. The Bertz CT molecular complexity index is 804. The van der Waals surface area contributed by atoms with E-state index >= 15 is 0 Å². The summed E-state index contributed by atoms with van der Waals surface area (Å²) in [6.45, 7) is 2.62. The number of hydrogen-bond acceptors (Lipinski definition) is 4. The number of piperidine rings is 1. The Labute approximate surface area is 178 Å². The number of amides is 3. The van der Waals surface area contributed by atoms with Gasteiger partial charge in [-0.1, -0.05) is 19.3 Å². The summed E-state index contributed by atoms with van der Waals surface area (Å²) < 4.78 is 0. The molecule has 2 atom stereocenters. The van der Waals surface area contributed by atoms with E-state index in [9.17, 15) is 14.4 Å². The summed E-state index contributed by atoms with van der Waals surface area (Å²) in [7, 11) is 0. The van der Waals surface area contributed by atoms with Crippen LogP contribution >= 0.6 is 12.4 Å². The van der Waals surface area contributed by atoms with E-state index in [1.807, 2.05) is 11.8 Å². The normalized spacial score (nSPS) is 23.6. The van der Waals surface area contributed by atoms with E-state index in [4.69, 9.17) is 5.73 Å². The molecule has 1 aromatic rings. The Morgan fingerprint density at radius 3 is 2.34 bits per heavy atom. The number of fused-ring (bicyclic) bond motifs is 1. The molecule has 1 aliphatic carbocycles. The third-order valence-corrected chi connectivity index (χ3v) is 6.52. The van der Waals surface area contributed by atoms with Crippen LogP contribution in [0, 0.1) is 0 Å². The summed E-state index contributed by atoms with van der Waals surface area (Å²) >= 11 is 0. The number of nitrogens with zero attached hydrogens (tertiary/aromatic N) is 2. The van der Waals surface area contributed by atoms with E-state index in [1.54, 1.807) is 18.2 Å². The summed E-state index contributed by atoms with van der Waals surface area (Å²) in [5, 5.41) is 0. The van der Waals surface area contributed by atoms with Crippen molar-refractivity contribution in [2.24, 2.45) is 5.73 Å². The molecule has 6 nitrogen and oxygen atoms in total. The predicted molar refractivity (Wildman–Crippen MR) is 113 cm³/mol. The first-order valence-corrected chi connectivity index (χ1v) is 10.6. The highest BCUT2D eigenvalue weighted by molar-refractivity contribution is 6.22. The molecule has 1 saturated heterocycles. The molecular weight excluding hydrogens is 390 g/mol. The predicted octanol–water partition coefficient (Wildman–Crippen LogP) is 3.38. The van der Waals surface area contributed by atoms with Crippen LogP contribution in [-0.2, 0) is 0 Å². The van der Waals surface area contributed by atoms with Crippen LogP contribution in [0.3, 0.4) is 0 Å². The zero-order valence-corrected chi connectivity index (χ0v) is 17.7. The van der Waals surface area contributed by atoms with Gasteiger partial charge in [0.1, 0.15) is 0 Å². The zero-order valence-electron chi connectivity index (χ0n) is 16.9. The highest BCUT2D eigenvalue weighted by atomic mass is 35.5. The summed E-state index contributed by atoms with van der Waals surface area (Å²) in [4.78, 5) is 42.2. The average Bonchev–Trinajstić information content (AvgIpc) is 2.98.